The van der Waals surface area contributed by atoms with Gasteiger partial charge in [0.25, 0.3) is 0 Å². The van der Waals surface area contributed by atoms with E-state index in [0.717, 1.165) is 25.7 Å². The summed E-state index contributed by atoms with van der Waals surface area (Å²) in [7, 11) is 0. The molecule has 0 heterocycles. The molecule has 78 valence electrons. The van der Waals surface area contributed by atoms with E-state index in [9.17, 15) is 9.59 Å². The van der Waals surface area contributed by atoms with Gasteiger partial charge in [-0.05, 0) is 31.6 Å². The summed E-state index contributed by atoms with van der Waals surface area (Å²) in [6, 6.07) is -0.124. The van der Waals surface area contributed by atoms with Gasteiger partial charge in [-0.15, -0.1) is 0 Å². The summed E-state index contributed by atoms with van der Waals surface area (Å²) < 4.78 is 0. The minimum atomic E-state index is -0.821. The monoisotopic (exact) mass is 197 g/mol. The largest absolute Gasteiger partial charge is 0.481 e. The van der Waals surface area contributed by atoms with Crippen molar-refractivity contribution in [2.45, 2.75) is 38.1 Å². The predicted molar refractivity (Wildman–Crippen MR) is 49.6 cm³/mol. The molecule has 4 nitrogen and oxygen atoms in total. The lowest BCUT2D eigenvalue weighted by Crippen LogP contribution is -2.38. The first-order valence-electron chi connectivity index (χ1n) is 5.19. The van der Waals surface area contributed by atoms with E-state index in [4.69, 9.17) is 5.11 Å². The molecule has 4 heteroatoms. The fraction of sp³-hybridized carbons (Fsp3) is 0.800. The molecule has 0 aromatic heterocycles. The zero-order valence-corrected chi connectivity index (χ0v) is 8.03. The van der Waals surface area contributed by atoms with Crippen LogP contribution in [0.4, 0.5) is 0 Å². The molecule has 0 radical (unpaired) electrons. The molecular formula is C10H15NO3. The number of nitrogens with one attached hydrogen (secondary N) is 1. The standard InChI is InChI=1S/C10H15NO3/c12-9(13)5-8(6-1-2-6)11-10(14)7-3-4-7/h6-8H,1-5H2,(H,11,14)(H,12,13). The maximum Gasteiger partial charge on any atom is 0.305 e. The fourth-order valence-electron chi connectivity index (χ4n) is 1.67. The fourth-order valence-corrected chi connectivity index (χ4v) is 1.67. The van der Waals surface area contributed by atoms with Gasteiger partial charge in [-0.3, -0.25) is 9.59 Å². The van der Waals surface area contributed by atoms with Crippen molar-refractivity contribution in [1.82, 2.24) is 5.32 Å². The van der Waals surface area contributed by atoms with E-state index < -0.39 is 5.97 Å². The van der Waals surface area contributed by atoms with Crippen LogP contribution in [0, 0.1) is 11.8 Å². The van der Waals surface area contributed by atoms with Crippen molar-refractivity contribution in [3.8, 4) is 0 Å². The zero-order valence-electron chi connectivity index (χ0n) is 8.03. The molecule has 2 N–H and O–H groups in total. The van der Waals surface area contributed by atoms with Crippen molar-refractivity contribution in [3.05, 3.63) is 0 Å². The van der Waals surface area contributed by atoms with Crippen LogP contribution in [-0.2, 0) is 9.59 Å². The SMILES string of the molecule is O=C(O)CC(NC(=O)C1CC1)C1CC1. The molecule has 1 atom stereocenters. The predicted octanol–water partition coefficient (Wildman–Crippen LogP) is 0.766. The molecule has 0 saturated heterocycles. The third kappa shape index (κ3) is 2.47. The van der Waals surface area contributed by atoms with Crippen LogP contribution in [-0.4, -0.2) is 23.0 Å². The Morgan fingerprint density at radius 2 is 1.93 bits per heavy atom. The summed E-state index contributed by atoms with van der Waals surface area (Å²) in [6.45, 7) is 0. The quantitative estimate of drug-likeness (QED) is 0.684. The van der Waals surface area contributed by atoms with Gasteiger partial charge in [-0.2, -0.15) is 0 Å². The van der Waals surface area contributed by atoms with Crippen LogP contribution in [0.1, 0.15) is 32.1 Å². The van der Waals surface area contributed by atoms with E-state index in [1.54, 1.807) is 0 Å². The van der Waals surface area contributed by atoms with Crippen molar-refractivity contribution in [2.75, 3.05) is 0 Å². The number of aliphatic carboxylic acids is 1. The van der Waals surface area contributed by atoms with Gasteiger partial charge in [0, 0.05) is 12.0 Å². The van der Waals surface area contributed by atoms with Crippen LogP contribution in [0.25, 0.3) is 0 Å². The first kappa shape index (κ1) is 9.49. The Kier molecular flexibility index (Phi) is 2.44. The summed E-state index contributed by atoms with van der Waals surface area (Å²) in [6.07, 6.45) is 4.13. The molecular weight excluding hydrogens is 182 g/mol. The second-order valence-electron chi connectivity index (χ2n) is 4.32. The number of carboxylic acids is 1. The maximum absolute atomic E-state index is 11.4. The van der Waals surface area contributed by atoms with Gasteiger partial charge in [-0.1, -0.05) is 0 Å². The number of carboxylic acid groups (broad SMARTS) is 1. The normalized spacial score (nSPS) is 22.9. The van der Waals surface area contributed by atoms with Gasteiger partial charge in [0.15, 0.2) is 0 Å². The van der Waals surface area contributed by atoms with E-state index in [1.165, 1.54) is 0 Å². The van der Waals surface area contributed by atoms with Crippen molar-refractivity contribution in [2.24, 2.45) is 11.8 Å². The smallest absolute Gasteiger partial charge is 0.305 e. The molecule has 0 aromatic carbocycles. The number of carbonyl (C=O) groups excluding carboxylic acids is 1. The van der Waals surface area contributed by atoms with Crippen LogP contribution >= 0.6 is 0 Å². The van der Waals surface area contributed by atoms with Crippen molar-refractivity contribution >= 4 is 11.9 Å². The van der Waals surface area contributed by atoms with Crippen molar-refractivity contribution in [1.29, 1.82) is 0 Å². The third-order valence-corrected chi connectivity index (χ3v) is 2.86. The summed E-state index contributed by atoms with van der Waals surface area (Å²) in [5.41, 5.74) is 0. The Labute approximate surface area is 82.7 Å². The van der Waals surface area contributed by atoms with Crippen molar-refractivity contribution in [3.63, 3.8) is 0 Å². The van der Waals surface area contributed by atoms with E-state index in [1.807, 2.05) is 0 Å². The van der Waals surface area contributed by atoms with E-state index in [-0.39, 0.29) is 24.3 Å². The topological polar surface area (TPSA) is 66.4 Å². The van der Waals surface area contributed by atoms with E-state index >= 15 is 0 Å². The number of rotatable bonds is 5. The molecule has 0 bridgehead atoms. The number of hydrogen-bond acceptors (Lipinski definition) is 2. The average molecular weight is 197 g/mol. The third-order valence-electron chi connectivity index (χ3n) is 2.86. The molecule has 2 rings (SSSR count). The van der Waals surface area contributed by atoms with Gasteiger partial charge in [0.05, 0.1) is 6.42 Å². The van der Waals surface area contributed by atoms with Crippen molar-refractivity contribution < 1.29 is 14.7 Å². The highest BCUT2D eigenvalue weighted by Gasteiger charge is 2.37. The minimum Gasteiger partial charge on any atom is -0.481 e. The summed E-state index contributed by atoms with van der Waals surface area (Å²) >= 11 is 0. The second-order valence-corrected chi connectivity index (χ2v) is 4.32. The molecule has 2 aliphatic carbocycles. The summed E-state index contributed by atoms with van der Waals surface area (Å²) in [4.78, 5) is 22.0. The number of amides is 1. The molecule has 0 aromatic rings. The highest BCUT2D eigenvalue weighted by atomic mass is 16.4. The Morgan fingerprint density at radius 3 is 2.36 bits per heavy atom. The lowest BCUT2D eigenvalue weighted by molar-refractivity contribution is -0.138. The highest BCUT2D eigenvalue weighted by Crippen LogP contribution is 2.35. The Bertz CT molecular complexity index is 256. The van der Waals surface area contributed by atoms with Gasteiger partial charge in [-0.25, -0.2) is 0 Å². The van der Waals surface area contributed by atoms with Gasteiger partial charge < -0.3 is 10.4 Å². The van der Waals surface area contributed by atoms with Gasteiger partial charge in [0.1, 0.15) is 0 Å². The van der Waals surface area contributed by atoms with Crippen LogP contribution in [0.15, 0.2) is 0 Å². The Hall–Kier alpha value is -1.06. The summed E-state index contributed by atoms with van der Waals surface area (Å²) in [5, 5.41) is 11.5. The van der Waals surface area contributed by atoms with Gasteiger partial charge in [0.2, 0.25) is 5.91 Å². The molecule has 1 amide bonds. The second kappa shape index (κ2) is 3.59. The molecule has 2 aliphatic rings. The molecule has 0 aliphatic heterocycles. The van der Waals surface area contributed by atoms with Crippen LogP contribution in [0.5, 0.6) is 0 Å². The number of hydrogen-bond donors (Lipinski definition) is 2. The van der Waals surface area contributed by atoms with Crippen LogP contribution in [0.2, 0.25) is 0 Å². The lowest BCUT2D eigenvalue weighted by Gasteiger charge is -2.15. The number of carbonyl (C=O) groups is 2. The molecule has 14 heavy (non-hydrogen) atoms. The molecule has 2 saturated carbocycles. The van der Waals surface area contributed by atoms with E-state index in [0.29, 0.717) is 5.92 Å². The minimum absolute atomic E-state index is 0.0585. The van der Waals surface area contributed by atoms with Crippen LogP contribution in [0.3, 0.4) is 0 Å². The average Bonchev–Trinajstić information content (AvgIpc) is 2.96. The Balaban J connectivity index is 1.82. The van der Waals surface area contributed by atoms with Crippen LogP contribution < -0.4 is 5.32 Å². The lowest BCUT2D eigenvalue weighted by atomic mass is 10.1. The van der Waals surface area contributed by atoms with Gasteiger partial charge >= 0.3 is 5.97 Å². The Morgan fingerprint density at radius 1 is 1.29 bits per heavy atom. The first-order chi connectivity index (χ1) is 6.66. The van der Waals surface area contributed by atoms with E-state index in [2.05, 4.69) is 5.32 Å². The maximum atomic E-state index is 11.4. The molecule has 1 unspecified atom stereocenters. The molecule has 0 spiro atoms. The highest BCUT2D eigenvalue weighted by molar-refractivity contribution is 5.81. The zero-order chi connectivity index (χ0) is 10.1. The summed E-state index contributed by atoms with van der Waals surface area (Å²) in [5.74, 6) is -0.181. The first-order valence-corrected chi connectivity index (χ1v) is 5.19. The molecule has 2 fully saturated rings.